The lowest BCUT2D eigenvalue weighted by molar-refractivity contribution is -0.141. The molecule has 0 bridgehead atoms. The molecule has 1 heterocycles. The van der Waals surface area contributed by atoms with Crippen molar-refractivity contribution in [3.8, 4) is 0 Å². The van der Waals surface area contributed by atoms with Crippen molar-refractivity contribution < 1.29 is 4.79 Å². The van der Waals surface area contributed by atoms with Crippen molar-refractivity contribution in [1.82, 2.24) is 4.90 Å². The molecule has 5 unspecified atom stereocenters. The number of carbonyl (C=O) groups is 1. The average Bonchev–Trinajstić information content (AvgIpc) is 2.37. The molecule has 1 saturated carbocycles. The van der Waals surface area contributed by atoms with Crippen LogP contribution in [-0.2, 0) is 4.79 Å². The first-order valence-corrected chi connectivity index (χ1v) is 8.05. The first kappa shape index (κ1) is 14.8. The molecule has 0 aromatic rings. The van der Waals surface area contributed by atoms with E-state index in [1.807, 2.05) is 0 Å². The van der Waals surface area contributed by atoms with Crippen LogP contribution >= 0.6 is 0 Å². The van der Waals surface area contributed by atoms with Gasteiger partial charge in [0.2, 0.25) is 5.91 Å². The highest BCUT2D eigenvalue weighted by Crippen LogP contribution is 2.32. The van der Waals surface area contributed by atoms with Crippen molar-refractivity contribution in [3.05, 3.63) is 0 Å². The summed E-state index contributed by atoms with van der Waals surface area (Å²) < 4.78 is 0. The molecule has 0 radical (unpaired) electrons. The monoisotopic (exact) mass is 266 g/mol. The van der Waals surface area contributed by atoms with E-state index in [0.29, 0.717) is 23.9 Å². The zero-order chi connectivity index (χ0) is 14.0. The molecule has 0 aromatic carbocycles. The molecule has 1 aliphatic heterocycles. The molecule has 3 heteroatoms. The second kappa shape index (κ2) is 6.25. The lowest BCUT2D eigenvalue weighted by atomic mass is 9.78. The molecular weight excluding hydrogens is 236 g/mol. The molecule has 110 valence electrons. The molecule has 2 rings (SSSR count). The third-order valence-electron chi connectivity index (χ3n) is 5.27. The van der Waals surface area contributed by atoms with Crippen molar-refractivity contribution in [2.24, 2.45) is 23.5 Å². The maximum Gasteiger partial charge on any atom is 0.225 e. The van der Waals surface area contributed by atoms with Crippen LogP contribution in [0.1, 0.15) is 59.3 Å². The van der Waals surface area contributed by atoms with Gasteiger partial charge in [0.1, 0.15) is 0 Å². The maximum atomic E-state index is 12.7. The summed E-state index contributed by atoms with van der Waals surface area (Å²) in [6.07, 6.45) is 6.85. The highest BCUT2D eigenvalue weighted by Gasteiger charge is 2.34. The standard InChI is InChI=1S/C16H30N2O/c1-11-7-8-18(12(2)9-11)16(19)13(3)14-5-4-6-15(17)10-14/h11-15H,4-10,17H2,1-3H3. The molecule has 1 amide bonds. The Balaban J connectivity index is 1.94. The SMILES string of the molecule is CC1CCN(C(=O)C(C)C2CCCC(N)C2)C(C)C1. The molecule has 2 fully saturated rings. The molecule has 19 heavy (non-hydrogen) atoms. The Morgan fingerprint density at radius 1 is 1.21 bits per heavy atom. The fraction of sp³-hybridized carbons (Fsp3) is 0.938. The average molecular weight is 266 g/mol. The molecule has 1 aliphatic carbocycles. The third-order valence-corrected chi connectivity index (χ3v) is 5.27. The highest BCUT2D eigenvalue weighted by molar-refractivity contribution is 5.79. The summed E-state index contributed by atoms with van der Waals surface area (Å²) in [5.41, 5.74) is 6.06. The number of hydrogen-bond acceptors (Lipinski definition) is 2. The van der Waals surface area contributed by atoms with Crippen LogP contribution < -0.4 is 5.73 Å². The van der Waals surface area contributed by atoms with E-state index < -0.39 is 0 Å². The van der Waals surface area contributed by atoms with Gasteiger partial charge in [0, 0.05) is 24.5 Å². The van der Waals surface area contributed by atoms with E-state index in [9.17, 15) is 4.79 Å². The minimum Gasteiger partial charge on any atom is -0.340 e. The molecule has 5 atom stereocenters. The van der Waals surface area contributed by atoms with Gasteiger partial charge in [-0.05, 0) is 50.9 Å². The topological polar surface area (TPSA) is 46.3 Å². The van der Waals surface area contributed by atoms with Gasteiger partial charge < -0.3 is 10.6 Å². The van der Waals surface area contributed by atoms with Crippen LogP contribution in [0.4, 0.5) is 0 Å². The Morgan fingerprint density at radius 2 is 1.95 bits per heavy atom. The van der Waals surface area contributed by atoms with Crippen molar-refractivity contribution in [2.75, 3.05) is 6.54 Å². The van der Waals surface area contributed by atoms with E-state index in [2.05, 4.69) is 25.7 Å². The van der Waals surface area contributed by atoms with Crippen molar-refractivity contribution in [3.63, 3.8) is 0 Å². The van der Waals surface area contributed by atoms with E-state index >= 15 is 0 Å². The zero-order valence-electron chi connectivity index (χ0n) is 12.8. The second-order valence-corrected chi connectivity index (χ2v) is 6.99. The number of nitrogens with two attached hydrogens (primary N) is 1. The second-order valence-electron chi connectivity index (χ2n) is 6.99. The molecular formula is C16H30N2O. The Labute approximate surface area is 117 Å². The van der Waals surface area contributed by atoms with Crippen LogP contribution in [0.15, 0.2) is 0 Å². The van der Waals surface area contributed by atoms with Gasteiger partial charge in [0.15, 0.2) is 0 Å². The third kappa shape index (κ3) is 3.50. The Morgan fingerprint density at radius 3 is 2.58 bits per heavy atom. The van der Waals surface area contributed by atoms with Crippen LogP contribution in [0.2, 0.25) is 0 Å². The predicted molar refractivity (Wildman–Crippen MR) is 78.7 cm³/mol. The fourth-order valence-corrected chi connectivity index (χ4v) is 3.92. The number of likely N-dealkylation sites (tertiary alicyclic amines) is 1. The van der Waals surface area contributed by atoms with Gasteiger partial charge in [-0.3, -0.25) is 4.79 Å². The van der Waals surface area contributed by atoms with Gasteiger partial charge in [-0.1, -0.05) is 20.3 Å². The van der Waals surface area contributed by atoms with Crippen LogP contribution in [0, 0.1) is 17.8 Å². The predicted octanol–water partition coefficient (Wildman–Crippen LogP) is 2.79. The molecule has 3 nitrogen and oxygen atoms in total. The summed E-state index contributed by atoms with van der Waals surface area (Å²) in [5, 5.41) is 0. The summed E-state index contributed by atoms with van der Waals surface area (Å²) in [7, 11) is 0. The lowest BCUT2D eigenvalue weighted by Crippen LogP contribution is -2.48. The fourth-order valence-electron chi connectivity index (χ4n) is 3.92. The smallest absolute Gasteiger partial charge is 0.225 e. The van der Waals surface area contributed by atoms with Crippen LogP contribution in [0.3, 0.4) is 0 Å². The number of rotatable bonds is 2. The normalized spacial score (nSPS) is 38.0. The number of carbonyl (C=O) groups excluding carboxylic acids is 1. The van der Waals surface area contributed by atoms with Gasteiger partial charge in [0.25, 0.3) is 0 Å². The highest BCUT2D eigenvalue weighted by atomic mass is 16.2. The summed E-state index contributed by atoms with van der Waals surface area (Å²) in [6.45, 7) is 7.56. The molecule has 2 aliphatic rings. The minimum absolute atomic E-state index is 0.155. The maximum absolute atomic E-state index is 12.7. The summed E-state index contributed by atoms with van der Waals surface area (Å²) in [4.78, 5) is 14.8. The summed E-state index contributed by atoms with van der Waals surface area (Å²) >= 11 is 0. The van der Waals surface area contributed by atoms with Crippen molar-refractivity contribution in [1.29, 1.82) is 0 Å². The van der Waals surface area contributed by atoms with Gasteiger partial charge in [-0.25, -0.2) is 0 Å². The van der Waals surface area contributed by atoms with E-state index in [4.69, 9.17) is 5.73 Å². The van der Waals surface area contributed by atoms with Gasteiger partial charge in [0.05, 0.1) is 0 Å². The molecule has 0 aromatic heterocycles. The lowest BCUT2D eigenvalue weighted by Gasteiger charge is -2.40. The Hall–Kier alpha value is -0.570. The Kier molecular flexibility index (Phi) is 4.88. The molecule has 0 spiro atoms. The van der Waals surface area contributed by atoms with Gasteiger partial charge in [-0.2, -0.15) is 0 Å². The van der Waals surface area contributed by atoms with Crippen molar-refractivity contribution in [2.45, 2.75) is 71.4 Å². The van der Waals surface area contributed by atoms with E-state index in [1.54, 1.807) is 0 Å². The van der Waals surface area contributed by atoms with Gasteiger partial charge >= 0.3 is 0 Å². The first-order chi connectivity index (χ1) is 8.99. The minimum atomic E-state index is 0.155. The number of piperidine rings is 1. The quantitative estimate of drug-likeness (QED) is 0.835. The van der Waals surface area contributed by atoms with Crippen molar-refractivity contribution >= 4 is 5.91 Å². The number of hydrogen-bond donors (Lipinski definition) is 1. The van der Waals surface area contributed by atoms with Crippen LogP contribution in [0.25, 0.3) is 0 Å². The Bertz CT molecular complexity index is 318. The first-order valence-electron chi connectivity index (χ1n) is 8.05. The molecule has 2 N–H and O–H groups in total. The van der Waals surface area contributed by atoms with Crippen LogP contribution in [-0.4, -0.2) is 29.4 Å². The largest absolute Gasteiger partial charge is 0.340 e. The number of amides is 1. The molecule has 1 saturated heterocycles. The number of nitrogens with zero attached hydrogens (tertiary/aromatic N) is 1. The zero-order valence-corrected chi connectivity index (χ0v) is 12.8. The van der Waals surface area contributed by atoms with E-state index in [1.165, 1.54) is 12.8 Å². The summed E-state index contributed by atoms with van der Waals surface area (Å²) in [6, 6.07) is 0.726. The summed E-state index contributed by atoms with van der Waals surface area (Å²) in [5.74, 6) is 1.79. The van der Waals surface area contributed by atoms with Gasteiger partial charge in [-0.15, -0.1) is 0 Å². The van der Waals surface area contributed by atoms with E-state index in [0.717, 1.165) is 38.1 Å². The van der Waals surface area contributed by atoms with Crippen LogP contribution in [0.5, 0.6) is 0 Å². The van der Waals surface area contributed by atoms with E-state index in [-0.39, 0.29) is 5.92 Å².